The lowest BCUT2D eigenvalue weighted by Gasteiger charge is -2.27. The van der Waals surface area contributed by atoms with E-state index in [1.54, 1.807) is 0 Å². The number of piperidine rings is 1. The van der Waals surface area contributed by atoms with E-state index in [4.69, 9.17) is 0 Å². The summed E-state index contributed by atoms with van der Waals surface area (Å²) in [6.07, 6.45) is 2.71. The van der Waals surface area contributed by atoms with Crippen LogP contribution >= 0.6 is 12.4 Å². The molecular formula is C16H27ClN2. The van der Waals surface area contributed by atoms with Gasteiger partial charge >= 0.3 is 0 Å². The van der Waals surface area contributed by atoms with Crippen LogP contribution in [0.4, 0.5) is 0 Å². The van der Waals surface area contributed by atoms with Crippen LogP contribution in [0.25, 0.3) is 0 Å². The zero-order valence-electron chi connectivity index (χ0n) is 12.4. The average molecular weight is 283 g/mol. The largest absolute Gasteiger partial charge is 0.316 e. The lowest BCUT2D eigenvalue weighted by Crippen LogP contribution is -2.36. The molecule has 2 nitrogen and oxygen atoms in total. The van der Waals surface area contributed by atoms with Gasteiger partial charge in [-0.15, -0.1) is 12.4 Å². The molecule has 0 amide bonds. The molecule has 3 heteroatoms. The Labute approximate surface area is 124 Å². The van der Waals surface area contributed by atoms with Crippen LogP contribution in [0.2, 0.25) is 0 Å². The van der Waals surface area contributed by atoms with Gasteiger partial charge in [-0.05, 0) is 58.3 Å². The molecule has 0 spiro atoms. The van der Waals surface area contributed by atoms with Gasteiger partial charge in [-0.25, -0.2) is 0 Å². The molecule has 1 aliphatic rings. The van der Waals surface area contributed by atoms with Gasteiger partial charge in [0.05, 0.1) is 0 Å². The second-order valence-electron chi connectivity index (χ2n) is 5.91. The van der Waals surface area contributed by atoms with E-state index >= 15 is 0 Å². The SMILES string of the molecule is Cc1cc(C)cc(CN(C)CC2CCCNC2)c1.Cl. The fourth-order valence-corrected chi connectivity index (χ4v) is 3.06. The fourth-order valence-electron chi connectivity index (χ4n) is 3.06. The molecule has 1 aromatic carbocycles. The van der Waals surface area contributed by atoms with Crippen molar-refractivity contribution in [1.82, 2.24) is 10.2 Å². The molecule has 0 aliphatic carbocycles. The maximum absolute atomic E-state index is 3.50. The predicted molar refractivity (Wildman–Crippen MR) is 85.1 cm³/mol. The minimum absolute atomic E-state index is 0. The Kier molecular flexibility index (Phi) is 6.84. The maximum Gasteiger partial charge on any atom is 0.0231 e. The molecule has 2 rings (SSSR count). The summed E-state index contributed by atoms with van der Waals surface area (Å²) in [6.45, 7) is 9.04. The molecule has 1 aromatic rings. The number of hydrogen-bond donors (Lipinski definition) is 1. The van der Waals surface area contributed by atoms with Crippen LogP contribution in [0, 0.1) is 19.8 Å². The Hall–Kier alpha value is -0.570. The van der Waals surface area contributed by atoms with Gasteiger partial charge in [0.25, 0.3) is 0 Å². The maximum atomic E-state index is 3.50. The van der Waals surface area contributed by atoms with Crippen LogP contribution in [-0.2, 0) is 6.54 Å². The summed E-state index contributed by atoms with van der Waals surface area (Å²) in [4.78, 5) is 2.46. The van der Waals surface area contributed by atoms with Crippen molar-refractivity contribution < 1.29 is 0 Å². The Morgan fingerprint density at radius 3 is 2.47 bits per heavy atom. The fraction of sp³-hybridized carbons (Fsp3) is 0.625. The third-order valence-electron chi connectivity index (χ3n) is 3.70. The summed E-state index contributed by atoms with van der Waals surface area (Å²) in [7, 11) is 2.24. The van der Waals surface area contributed by atoms with Gasteiger partial charge in [0.1, 0.15) is 0 Å². The van der Waals surface area contributed by atoms with Gasteiger partial charge in [-0.3, -0.25) is 0 Å². The Bertz CT molecular complexity index is 366. The van der Waals surface area contributed by atoms with Crippen LogP contribution in [0.15, 0.2) is 18.2 Å². The normalized spacial score (nSPS) is 19.3. The first-order valence-electron chi connectivity index (χ1n) is 7.10. The average Bonchev–Trinajstić information content (AvgIpc) is 2.28. The first kappa shape index (κ1) is 16.5. The van der Waals surface area contributed by atoms with Crippen LogP contribution in [-0.4, -0.2) is 31.6 Å². The second kappa shape index (κ2) is 7.88. The number of nitrogens with zero attached hydrogens (tertiary/aromatic N) is 1. The lowest BCUT2D eigenvalue weighted by molar-refractivity contribution is 0.237. The molecule has 1 heterocycles. The molecule has 0 aromatic heterocycles. The quantitative estimate of drug-likeness (QED) is 0.913. The third kappa shape index (κ3) is 5.52. The van der Waals surface area contributed by atoms with E-state index in [-0.39, 0.29) is 12.4 Å². The van der Waals surface area contributed by atoms with E-state index in [1.165, 1.54) is 49.2 Å². The summed E-state index contributed by atoms with van der Waals surface area (Å²) >= 11 is 0. The third-order valence-corrected chi connectivity index (χ3v) is 3.70. The van der Waals surface area contributed by atoms with Crippen molar-refractivity contribution >= 4 is 12.4 Å². The highest BCUT2D eigenvalue weighted by molar-refractivity contribution is 5.85. The summed E-state index contributed by atoms with van der Waals surface area (Å²) in [5.74, 6) is 0.828. The zero-order chi connectivity index (χ0) is 13.0. The Morgan fingerprint density at radius 2 is 1.89 bits per heavy atom. The second-order valence-corrected chi connectivity index (χ2v) is 5.91. The van der Waals surface area contributed by atoms with Crippen molar-refractivity contribution in [3.05, 3.63) is 34.9 Å². The minimum Gasteiger partial charge on any atom is -0.316 e. The molecule has 0 bridgehead atoms. The van der Waals surface area contributed by atoms with Crippen molar-refractivity contribution in [3.8, 4) is 0 Å². The van der Waals surface area contributed by atoms with Crippen molar-refractivity contribution in [2.24, 2.45) is 5.92 Å². The van der Waals surface area contributed by atoms with Crippen molar-refractivity contribution in [3.63, 3.8) is 0 Å². The first-order chi connectivity index (χ1) is 8.63. The highest BCUT2D eigenvalue weighted by Crippen LogP contribution is 2.14. The zero-order valence-corrected chi connectivity index (χ0v) is 13.2. The lowest BCUT2D eigenvalue weighted by atomic mass is 9.99. The van der Waals surface area contributed by atoms with Gasteiger partial charge in [-0.2, -0.15) is 0 Å². The molecule has 1 atom stereocenters. The Balaban J connectivity index is 0.00000180. The number of halogens is 1. The van der Waals surface area contributed by atoms with E-state index in [1.807, 2.05) is 0 Å². The van der Waals surface area contributed by atoms with Gasteiger partial charge in [0.15, 0.2) is 0 Å². The molecule has 19 heavy (non-hydrogen) atoms. The van der Waals surface area contributed by atoms with E-state index in [9.17, 15) is 0 Å². The number of hydrogen-bond acceptors (Lipinski definition) is 2. The van der Waals surface area contributed by atoms with E-state index in [0.29, 0.717) is 0 Å². The van der Waals surface area contributed by atoms with Crippen LogP contribution in [0.1, 0.15) is 29.5 Å². The van der Waals surface area contributed by atoms with E-state index in [2.05, 4.69) is 49.3 Å². The number of rotatable bonds is 4. The molecule has 1 N–H and O–H groups in total. The van der Waals surface area contributed by atoms with Gasteiger partial charge in [0.2, 0.25) is 0 Å². The highest BCUT2D eigenvalue weighted by atomic mass is 35.5. The summed E-state index contributed by atoms with van der Waals surface area (Å²) in [6, 6.07) is 6.86. The summed E-state index contributed by atoms with van der Waals surface area (Å²) < 4.78 is 0. The molecule has 1 unspecified atom stereocenters. The molecule has 0 saturated carbocycles. The summed E-state index contributed by atoms with van der Waals surface area (Å²) in [5, 5.41) is 3.50. The Morgan fingerprint density at radius 1 is 1.21 bits per heavy atom. The van der Waals surface area contributed by atoms with Crippen LogP contribution in [0.5, 0.6) is 0 Å². The molecule has 1 saturated heterocycles. The van der Waals surface area contributed by atoms with Crippen LogP contribution < -0.4 is 5.32 Å². The van der Waals surface area contributed by atoms with Crippen molar-refractivity contribution in [2.45, 2.75) is 33.2 Å². The van der Waals surface area contributed by atoms with Crippen LogP contribution in [0.3, 0.4) is 0 Å². The highest BCUT2D eigenvalue weighted by Gasteiger charge is 2.15. The van der Waals surface area contributed by atoms with Gasteiger partial charge < -0.3 is 10.2 Å². The minimum atomic E-state index is 0. The number of nitrogens with one attached hydrogen (secondary N) is 1. The molecular weight excluding hydrogens is 256 g/mol. The van der Waals surface area contributed by atoms with Gasteiger partial charge in [-0.1, -0.05) is 29.3 Å². The van der Waals surface area contributed by atoms with E-state index in [0.717, 1.165) is 12.5 Å². The molecule has 1 aliphatic heterocycles. The number of benzene rings is 1. The smallest absolute Gasteiger partial charge is 0.0231 e. The molecule has 1 fully saturated rings. The molecule has 108 valence electrons. The molecule has 0 radical (unpaired) electrons. The topological polar surface area (TPSA) is 15.3 Å². The van der Waals surface area contributed by atoms with Gasteiger partial charge in [0, 0.05) is 13.1 Å². The standard InChI is InChI=1S/C16H26N2.ClH/c1-13-7-14(2)9-16(8-13)12-18(3)11-15-5-4-6-17-10-15;/h7-9,15,17H,4-6,10-12H2,1-3H3;1H. The number of aryl methyl sites for hydroxylation is 2. The summed E-state index contributed by atoms with van der Waals surface area (Å²) in [5.41, 5.74) is 4.19. The predicted octanol–water partition coefficient (Wildman–Crippen LogP) is 3.16. The first-order valence-corrected chi connectivity index (χ1v) is 7.10. The monoisotopic (exact) mass is 282 g/mol. The van der Waals surface area contributed by atoms with Crippen molar-refractivity contribution in [2.75, 3.05) is 26.7 Å². The van der Waals surface area contributed by atoms with Crippen molar-refractivity contribution in [1.29, 1.82) is 0 Å². The van der Waals surface area contributed by atoms with E-state index < -0.39 is 0 Å².